The number of aromatic hydroxyl groups is 2. The molecule has 4 N–H and O–H groups in total. The van der Waals surface area contributed by atoms with Gasteiger partial charge < -0.3 is 34.6 Å². The molecule has 0 aliphatic heterocycles. The van der Waals surface area contributed by atoms with Crippen molar-refractivity contribution in [2.45, 2.75) is 12.5 Å². The average Bonchev–Trinajstić information content (AvgIpc) is 2.74. The monoisotopic (exact) mass is 406 g/mol. The number of carbonyl (C=O) groups is 1. The van der Waals surface area contributed by atoms with Gasteiger partial charge >= 0.3 is 5.97 Å². The number of aliphatic hydroxyl groups excluding tert-OH is 2. The van der Waals surface area contributed by atoms with Crippen LogP contribution in [0.4, 0.5) is 0 Å². The van der Waals surface area contributed by atoms with E-state index in [1.807, 2.05) is 0 Å². The highest BCUT2D eigenvalue weighted by molar-refractivity contribution is 5.74. The van der Waals surface area contributed by atoms with Crippen molar-refractivity contribution < 1.29 is 39.4 Å². The van der Waals surface area contributed by atoms with Crippen LogP contribution < -0.4 is 9.47 Å². The molecule has 0 aromatic heterocycles. The van der Waals surface area contributed by atoms with E-state index in [0.717, 1.165) is 0 Å². The zero-order valence-electron chi connectivity index (χ0n) is 16.5. The summed E-state index contributed by atoms with van der Waals surface area (Å²) in [7, 11) is 4.00. The number of ether oxygens (including phenoxy) is 3. The summed E-state index contributed by atoms with van der Waals surface area (Å²) in [4.78, 5) is 12.5. The normalized spacial score (nSPS) is 14.0. The van der Waals surface area contributed by atoms with Crippen LogP contribution >= 0.6 is 0 Å². The van der Waals surface area contributed by atoms with E-state index >= 15 is 0 Å². The van der Waals surface area contributed by atoms with Crippen molar-refractivity contribution in [3.8, 4) is 23.0 Å². The number of carbonyl (C=O) groups excluding carboxylic acids is 1. The summed E-state index contributed by atoms with van der Waals surface area (Å²) < 4.78 is 15.0. The topological polar surface area (TPSA) is 126 Å². The van der Waals surface area contributed by atoms with Crippen LogP contribution in [0.1, 0.15) is 17.2 Å². The van der Waals surface area contributed by atoms with Crippen LogP contribution in [-0.4, -0.2) is 54.3 Å². The second-order valence-corrected chi connectivity index (χ2v) is 6.58. The smallest absolute Gasteiger partial charge is 0.312 e. The molecule has 0 unspecified atom stereocenters. The van der Waals surface area contributed by atoms with E-state index in [0.29, 0.717) is 11.1 Å². The van der Waals surface area contributed by atoms with Crippen molar-refractivity contribution in [3.63, 3.8) is 0 Å². The summed E-state index contributed by atoms with van der Waals surface area (Å²) in [5, 5.41) is 40.4. The summed E-state index contributed by atoms with van der Waals surface area (Å²) in [6.45, 7) is -0.394. The Morgan fingerprint density at radius 3 is 2.10 bits per heavy atom. The molecule has 2 aromatic carbocycles. The molecule has 8 heteroatoms. The average molecular weight is 406 g/mol. The Kier molecular flexibility index (Phi) is 7.69. The fraction of sp³-hybridized carbons (Fsp3) is 0.381. The molecule has 0 bridgehead atoms. The number of methoxy groups -OCH3 is 3. The zero-order valence-corrected chi connectivity index (χ0v) is 16.5. The van der Waals surface area contributed by atoms with Crippen molar-refractivity contribution in [1.82, 2.24) is 0 Å². The number of hydrogen-bond acceptors (Lipinski definition) is 8. The predicted octanol–water partition coefficient (Wildman–Crippen LogP) is 1.79. The lowest BCUT2D eigenvalue weighted by atomic mass is 9.81. The molecule has 158 valence electrons. The summed E-state index contributed by atoms with van der Waals surface area (Å²) in [5.41, 5.74) is 1.03. The van der Waals surface area contributed by atoms with Gasteiger partial charge in [0, 0.05) is 12.5 Å². The van der Waals surface area contributed by atoms with Gasteiger partial charge in [0.1, 0.15) is 0 Å². The standard InChI is InChI=1S/C21H26O8/c1-27-17-9-12(4-6-15(17)23)8-14(11-22)19(21(26)29-3)20(25)13-5-7-16(24)18(10-13)28-2/h4-7,9-10,14,19-20,22-25H,8,11H2,1-3H3/t14-,19+,20+/m0/s1. The Hall–Kier alpha value is -2.97. The third kappa shape index (κ3) is 5.10. The van der Waals surface area contributed by atoms with Crippen molar-refractivity contribution >= 4 is 5.97 Å². The van der Waals surface area contributed by atoms with Crippen LogP contribution in [0.15, 0.2) is 36.4 Å². The number of phenolic OH excluding ortho intramolecular Hbond substituents is 2. The van der Waals surface area contributed by atoms with E-state index in [1.54, 1.807) is 12.1 Å². The minimum atomic E-state index is -1.31. The fourth-order valence-corrected chi connectivity index (χ4v) is 3.26. The summed E-state index contributed by atoms with van der Waals surface area (Å²) in [6.07, 6.45) is -1.09. The highest BCUT2D eigenvalue weighted by Crippen LogP contribution is 2.36. The molecule has 29 heavy (non-hydrogen) atoms. The van der Waals surface area contributed by atoms with Gasteiger partial charge in [-0.25, -0.2) is 0 Å². The molecule has 0 saturated heterocycles. The lowest BCUT2D eigenvalue weighted by Crippen LogP contribution is -2.34. The molecular weight excluding hydrogens is 380 g/mol. The van der Waals surface area contributed by atoms with Gasteiger partial charge in [-0.15, -0.1) is 0 Å². The number of benzene rings is 2. The van der Waals surface area contributed by atoms with Gasteiger partial charge in [0.2, 0.25) is 0 Å². The highest BCUT2D eigenvalue weighted by atomic mass is 16.5. The van der Waals surface area contributed by atoms with Gasteiger partial charge in [-0.2, -0.15) is 0 Å². The fourth-order valence-electron chi connectivity index (χ4n) is 3.26. The number of aliphatic hydroxyl groups is 2. The summed E-state index contributed by atoms with van der Waals surface area (Å²) in [6, 6.07) is 8.94. The summed E-state index contributed by atoms with van der Waals surface area (Å²) in [5.74, 6) is -2.18. The highest BCUT2D eigenvalue weighted by Gasteiger charge is 2.36. The molecule has 3 atom stereocenters. The number of hydrogen-bond donors (Lipinski definition) is 4. The van der Waals surface area contributed by atoms with Crippen molar-refractivity contribution in [2.24, 2.45) is 11.8 Å². The first-order chi connectivity index (χ1) is 13.9. The first-order valence-electron chi connectivity index (χ1n) is 8.95. The van der Waals surface area contributed by atoms with E-state index in [4.69, 9.17) is 14.2 Å². The van der Waals surface area contributed by atoms with Crippen molar-refractivity contribution in [3.05, 3.63) is 47.5 Å². The molecular formula is C21H26O8. The Morgan fingerprint density at radius 2 is 1.55 bits per heavy atom. The minimum absolute atomic E-state index is 0.0301. The lowest BCUT2D eigenvalue weighted by Gasteiger charge is -2.28. The van der Waals surface area contributed by atoms with Crippen LogP contribution in [0.2, 0.25) is 0 Å². The second kappa shape index (κ2) is 9.99. The third-order valence-corrected chi connectivity index (χ3v) is 4.84. The molecule has 0 radical (unpaired) electrons. The maximum absolute atomic E-state index is 12.5. The Labute approximate surface area is 168 Å². The maximum Gasteiger partial charge on any atom is 0.312 e. The summed E-state index contributed by atoms with van der Waals surface area (Å²) >= 11 is 0. The van der Waals surface area contributed by atoms with E-state index < -0.39 is 30.5 Å². The maximum atomic E-state index is 12.5. The van der Waals surface area contributed by atoms with Gasteiger partial charge in [0.15, 0.2) is 23.0 Å². The molecule has 0 saturated carbocycles. The first-order valence-corrected chi connectivity index (χ1v) is 8.95. The first kappa shape index (κ1) is 22.3. The molecule has 2 aromatic rings. The Balaban J connectivity index is 2.37. The van der Waals surface area contributed by atoms with Gasteiger partial charge in [0.25, 0.3) is 0 Å². The molecule has 0 heterocycles. The minimum Gasteiger partial charge on any atom is -0.504 e. The number of esters is 1. The molecule has 0 spiro atoms. The van der Waals surface area contributed by atoms with Crippen molar-refractivity contribution in [1.29, 1.82) is 0 Å². The largest absolute Gasteiger partial charge is 0.504 e. The van der Waals surface area contributed by atoms with Gasteiger partial charge in [-0.1, -0.05) is 12.1 Å². The molecule has 0 aliphatic rings. The quantitative estimate of drug-likeness (QED) is 0.465. The number of phenols is 2. The molecule has 0 amide bonds. The van der Waals surface area contributed by atoms with Crippen molar-refractivity contribution in [2.75, 3.05) is 27.9 Å². The third-order valence-electron chi connectivity index (χ3n) is 4.84. The Bertz CT molecular complexity index is 835. The van der Waals surface area contributed by atoms with Crippen LogP contribution in [0.5, 0.6) is 23.0 Å². The molecule has 0 aliphatic carbocycles. The second-order valence-electron chi connectivity index (χ2n) is 6.58. The van der Waals surface area contributed by atoms with Crippen LogP contribution in [0.25, 0.3) is 0 Å². The van der Waals surface area contributed by atoms with Crippen LogP contribution in [0.3, 0.4) is 0 Å². The SMILES string of the molecule is COC(=O)[C@H]([C@H](CO)Cc1ccc(O)c(OC)c1)[C@H](O)c1ccc(O)c(OC)c1. The van der Waals surface area contributed by atoms with E-state index in [1.165, 1.54) is 45.6 Å². The molecule has 2 rings (SSSR count). The van der Waals surface area contributed by atoms with Gasteiger partial charge in [0.05, 0.1) is 33.4 Å². The van der Waals surface area contributed by atoms with Gasteiger partial charge in [-0.05, 0) is 41.8 Å². The van der Waals surface area contributed by atoms with E-state index in [9.17, 15) is 25.2 Å². The van der Waals surface area contributed by atoms with Crippen LogP contribution in [0, 0.1) is 11.8 Å². The van der Waals surface area contributed by atoms with E-state index in [-0.39, 0.29) is 29.4 Å². The zero-order chi connectivity index (χ0) is 21.6. The number of rotatable bonds is 9. The lowest BCUT2D eigenvalue weighted by molar-refractivity contribution is -0.153. The Morgan fingerprint density at radius 1 is 0.966 bits per heavy atom. The predicted molar refractivity (Wildman–Crippen MR) is 104 cm³/mol. The van der Waals surface area contributed by atoms with Gasteiger partial charge in [-0.3, -0.25) is 4.79 Å². The molecule has 8 nitrogen and oxygen atoms in total. The van der Waals surface area contributed by atoms with E-state index in [2.05, 4.69) is 0 Å². The van der Waals surface area contributed by atoms with Crippen LogP contribution in [-0.2, 0) is 16.0 Å². The molecule has 0 fully saturated rings.